The normalized spacial score (nSPS) is 20.7. The van der Waals surface area contributed by atoms with Crippen LogP contribution >= 0.6 is 0 Å². The van der Waals surface area contributed by atoms with Crippen LogP contribution in [0.15, 0.2) is 36.7 Å². The van der Waals surface area contributed by atoms with Gasteiger partial charge >= 0.3 is 0 Å². The Labute approximate surface area is 201 Å². The van der Waals surface area contributed by atoms with Gasteiger partial charge in [-0.05, 0) is 44.0 Å². The van der Waals surface area contributed by atoms with Crippen molar-refractivity contribution in [2.45, 2.75) is 37.8 Å². The standard InChI is InChI=1S/C26H25FN6O2/c1-13-19-8-15(27)3-4-18(19)24-20(10-32(2)31-24)17-5-6-21-23(17)25(33(30-21)16-11-34-12-16)14-7-22(35-13)26(28)29-9-14/h3-4,7-10,13,16-17H,5-6,11-12H2,1-2H3,(H2,28,29)/t13-,17?/m1/s1. The van der Waals surface area contributed by atoms with Gasteiger partial charge in [-0.1, -0.05) is 0 Å². The molecular formula is C26H25FN6O2. The van der Waals surface area contributed by atoms with E-state index in [1.165, 1.54) is 17.7 Å². The Morgan fingerprint density at radius 2 is 2.00 bits per heavy atom. The van der Waals surface area contributed by atoms with Crippen LogP contribution < -0.4 is 10.5 Å². The Morgan fingerprint density at radius 3 is 2.80 bits per heavy atom. The maximum absolute atomic E-state index is 14.4. The molecule has 5 heterocycles. The molecule has 1 unspecified atom stereocenters. The van der Waals surface area contributed by atoms with Crippen molar-refractivity contribution in [3.05, 3.63) is 64.9 Å². The number of ether oxygens (including phenoxy) is 2. The first kappa shape index (κ1) is 20.6. The van der Waals surface area contributed by atoms with E-state index in [0.717, 1.165) is 52.2 Å². The first-order valence-electron chi connectivity index (χ1n) is 11.9. The molecular weight excluding hydrogens is 447 g/mol. The molecule has 3 aromatic heterocycles. The molecule has 2 atom stereocenters. The smallest absolute Gasteiger partial charge is 0.166 e. The predicted octanol–water partition coefficient (Wildman–Crippen LogP) is 4.17. The molecule has 1 saturated heterocycles. The van der Waals surface area contributed by atoms with E-state index in [1.807, 2.05) is 24.7 Å². The van der Waals surface area contributed by atoms with Gasteiger partial charge in [0.05, 0.1) is 36.3 Å². The highest BCUT2D eigenvalue weighted by Gasteiger charge is 2.38. The van der Waals surface area contributed by atoms with Crippen LogP contribution in [0.1, 0.15) is 53.8 Å². The van der Waals surface area contributed by atoms with E-state index in [1.54, 1.807) is 12.3 Å². The van der Waals surface area contributed by atoms with Crippen molar-refractivity contribution in [3.8, 4) is 28.3 Å². The van der Waals surface area contributed by atoms with Crippen molar-refractivity contribution in [1.82, 2.24) is 24.5 Å². The van der Waals surface area contributed by atoms with Crippen molar-refractivity contribution in [1.29, 1.82) is 0 Å². The average molecular weight is 473 g/mol. The van der Waals surface area contributed by atoms with Crippen molar-refractivity contribution < 1.29 is 13.9 Å². The second-order valence-electron chi connectivity index (χ2n) is 9.64. The van der Waals surface area contributed by atoms with Crippen LogP contribution in [0.25, 0.3) is 22.5 Å². The molecule has 7 rings (SSSR count). The van der Waals surface area contributed by atoms with Gasteiger partial charge in [0.15, 0.2) is 11.6 Å². The first-order chi connectivity index (χ1) is 17.0. The number of hydrogen-bond acceptors (Lipinski definition) is 6. The van der Waals surface area contributed by atoms with Gasteiger partial charge < -0.3 is 15.2 Å². The number of nitrogens with two attached hydrogens (primary N) is 1. The highest BCUT2D eigenvalue weighted by atomic mass is 19.1. The van der Waals surface area contributed by atoms with Crippen LogP contribution in [0.5, 0.6) is 5.75 Å². The summed E-state index contributed by atoms with van der Waals surface area (Å²) in [5, 5.41) is 9.90. The van der Waals surface area contributed by atoms with Gasteiger partial charge in [0, 0.05) is 53.2 Å². The molecule has 178 valence electrons. The number of halogens is 1. The second-order valence-corrected chi connectivity index (χ2v) is 9.64. The lowest BCUT2D eigenvalue weighted by molar-refractivity contribution is -0.0280. The number of rotatable bonds is 1. The largest absolute Gasteiger partial charge is 0.482 e. The molecule has 9 heteroatoms. The summed E-state index contributed by atoms with van der Waals surface area (Å²) in [6.45, 7) is 3.17. The number of nitrogens with zero attached hydrogens (tertiary/aromatic N) is 5. The zero-order valence-electron chi connectivity index (χ0n) is 19.5. The van der Waals surface area contributed by atoms with E-state index in [4.69, 9.17) is 25.4 Å². The minimum Gasteiger partial charge on any atom is -0.482 e. The fraction of sp³-hybridized carbons (Fsp3) is 0.346. The summed E-state index contributed by atoms with van der Waals surface area (Å²) in [5.74, 6) is 0.541. The lowest BCUT2D eigenvalue weighted by atomic mass is 9.88. The summed E-state index contributed by atoms with van der Waals surface area (Å²) in [6, 6.07) is 6.92. The zero-order chi connectivity index (χ0) is 23.8. The molecule has 2 N–H and O–H groups in total. The Hall–Kier alpha value is -3.72. The molecule has 2 aliphatic heterocycles. The van der Waals surface area contributed by atoms with Crippen molar-refractivity contribution in [2.24, 2.45) is 7.05 Å². The summed E-state index contributed by atoms with van der Waals surface area (Å²) < 4.78 is 30.2. The van der Waals surface area contributed by atoms with Crippen LogP contribution in [0.4, 0.5) is 10.2 Å². The van der Waals surface area contributed by atoms with E-state index in [-0.39, 0.29) is 17.8 Å². The molecule has 35 heavy (non-hydrogen) atoms. The molecule has 3 aliphatic rings. The third-order valence-corrected chi connectivity index (χ3v) is 7.41. The summed E-state index contributed by atoms with van der Waals surface area (Å²) >= 11 is 0. The molecule has 1 aromatic carbocycles. The van der Waals surface area contributed by atoms with E-state index in [9.17, 15) is 4.39 Å². The highest BCUT2D eigenvalue weighted by molar-refractivity contribution is 5.74. The third-order valence-electron chi connectivity index (χ3n) is 7.41. The van der Waals surface area contributed by atoms with E-state index >= 15 is 0 Å². The van der Waals surface area contributed by atoms with Crippen LogP contribution in [-0.2, 0) is 18.2 Å². The molecule has 2 bridgehead atoms. The van der Waals surface area contributed by atoms with E-state index < -0.39 is 6.10 Å². The van der Waals surface area contributed by atoms with Gasteiger partial charge in [0.2, 0.25) is 0 Å². The van der Waals surface area contributed by atoms with Crippen LogP contribution in [0.2, 0.25) is 0 Å². The Morgan fingerprint density at radius 1 is 1.14 bits per heavy atom. The first-order valence-corrected chi connectivity index (χ1v) is 11.9. The minimum atomic E-state index is -0.474. The number of nitrogen functional groups attached to an aromatic ring is 1. The van der Waals surface area contributed by atoms with Crippen molar-refractivity contribution in [3.63, 3.8) is 0 Å². The van der Waals surface area contributed by atoms with Gasteiger partial charge in [-0.25, -0.2) is 9.37 Å². The van der Waals surface area contributed by atoms with E-state index in [2.05, 4.69) is 15.9 Å². The number of anilines is 1. The molecule has 4 aromatic rings. The van der Waals surface area contributed by atoms with Gasteiger partial charge in [-0.2, -0.15) is 10.2 Å². The minimum absolute atomic E-state index is 0.105. The van der Waals surface area contributed by atoms with Gasteiger partial charge in [0.25, 0.3) is 0 Å². The van der Waals surface area contributed by atoms with Gasteiger partial charge in [0.1, 0.15) is 11.9 Å². The quantitative estimate of drug-likeness (QED) is 0.447. The average Bonchev–Trinajstić information content (AvgIpc) is 3.47. The number of benzene rings is 1. The van der Waals surface area contributed by atoms with Crippen molar-refractivity contribution >= 4 is 5.82 Å². The second kappa shape index (κ2) is 7.39. The van der Waals surface area contributed by atoms with Crippen molar-refractivity contribution in [2.75, 3.05) is 18.9 Å². The highest BCUT2D eigenvalue weighted by Crippen LogP contribution is 2.49. The monoisotopic (exact) mass is 472 g/mol. The fourth-order valence-electron chi connectivity index (χ4n) is 5.69. The lowest BCUT2D eigenvalue weighted by Crippen LogP contribution is -2.32. The van der Waals surface area contributed by atoms with Gasteiger partial charge in [-0.15, -0.1) is 0 Å². The maximum Gasteiger partial charge on any atom is 0.166 e. The molecule has 8 nitrogen and oxygen atoms in total. The van der Waals surface area contributed by atoms with Crippen LogP contribution in [0, 0.1) is 5.82 Å². The molecule has 0 radical (unpaired) electrons. The molecule has 1 aliphatic carbocycles. The maximum atomic E-state index is 14.4. The Balaban J connectivity index is 1.55. The number of hydrogen-bond donors (Lipinski definition) is 1. The number of pyridine rings is 1. The lowest BCUT2D eigenvalue weighted by Gasteiger charge is -2.29. The topological polar surface area (TPSA) is 93.0 Å². The summed E-state index contributed by atoms with van der Waals surface area (Å²) in [6.07, 6.45) is 5.21. The summed E-state index contributed by atoms with van der Waals surface area (Å²) in [5.41, 5.74) is 14.0. The summed E-state index contributed by atoms with van der Waals surface area (Å²) in [4.78, 5) is 4.47. The van der Waals surface area contributed by atoms with Gasteiger partial charge in [-0.3, -0.25) is 9.36 Å². The van der Waals surface area contributed by atoms with E-state index in [0.29, 0.717) is 24.8 Å². The molecule has 1 fully saturated rings. The fourth-order valence-corrected chi connectivity index (χ4v) is 5.69. The number of aromatic nitrogens is 5. The summed E-state index contributed by atoms with van der Waals surface area (Å²) in [7, 11) is 1.92. The predicted molar refractivity (Wildman–Crippen MR) is 128 cm³/mol. The molecule has 0 spiro atoms. The zero-order valence-corrected chi connectivity index (χ0v) is 19.5. The van der Waals surface area contributed by atoms with Crippen LogP contribution in [-0.4, -0.2) is 37.8 Å². The SMILES string of the molecule is C[C@H]1Oc2cc(cnc2N)-c2c3c(nn2C2COC2)CCC3c2cn(C)nc2-c2ccc(F)cc21. The Kier molecular flexibility index (Phi) is 4.36. The molecule has 0 amide bonds. The van der Waals surface area contributed by atoms with Crippen LogP contribution in [0.3, 0.4) is 0 Å². The molecule has 0 saturated carbocycles. The number of aryl methyl sites for hydroxylation is 2. The number of fused-ring (bicyclic) bond motifs is 7. The third kappa shape index (κ3) is 3.04. The Bertz CT molecular complexity index is 1490.